The Morgan fingerprint density at radius 3 is 2.41 bits per heavy atom. The summed E-state index contributed by atoms with van der Waals surface area (Å²) in [7, 11) is 1.38. The molecule has 0 radical (unpaired) electrons. The molecule has 0 saturated carbocycles. The standard InChI is InChI=1S/C27H31FN6O6S/c1-14(2)31-25(37)27(5,6)33-22(36)21-15(3)23(34-29-10-11-30-34)41-24(21)32(26(33)38)13-20(40-16(4)35)18-12-17(28)8-9-19(18)39-7/h8-12,14,20H,13H2,1-7H3,(H,31,37). The van der Waals surface area contributed by atoms with E-state index in [0.717, 1.165) is 22.0 Å². The first kappa shape index (κ1) is 29.6. The lowest BCUT2D eigenvalue weighted by Gasteiger charge is -2.28. The highest BCUT2D eigenvalue weighted by Gasteiger charge is 2.36. The zero-order valence-corrected chi connectivity index (χ0v) is 24.5. The third-order valence-electron chi connectivity index (χ3n) is 6.52. The van der Waals surface area contributed by atoms with Crippen molar-refractivity contribution in [2.45, 2.75) is 65.8 Å². The number of amides is 1. The first-order valence-corrected chi connectivity index (χ1v) is 13.6. The van der Waals surface area contributed by atoms with Gasteiger partial charge in [0.2, 0.25) is 5.91 Å². The number of halogens is 1. The summed E-state index contributed by atoms with van der Waals surface area (Å²) in [6.45, 7) is 9.04. The predicted molar refractivity (Wildman–Crippen MR) is 150 cm³/mol. The molecule has 0 bridgehead atoms. The molecule has 0 fully saturated rings. The monoisotopic (exact) mass is 586 g/mol. The van der Waals surface area contributed by atoms with Crippen LogP contribution in [0, 0.1) is 12.7 Å². The van der Waals surface area contributed by atoms with Crippen LogP contribution < -0.4 is 21.3 Å². The van der Waals surface area contributed by atoms with Crippen molar-refractivity contribution in [3.63, 3.8) is 0 Å². The van der Waals surface area contributed by atoms with Crippen LogP contribution >= 0.6 is 11.3 Å². The maximum Gasteiger partial charge on any atom is 0.333 e. The van der Waals surface area contributed by atoms with E-state index in [2.05, 4.69) is 15.5 Å². The lowest BCUT2D eigenvalue weighted by Crippen LogP contribution is -2.56. The fourth-order valence-corrected chi connectivity index (χ4v) is 5.78. The van der Waals surface area contributed by atoms with Crippen molar-refractivity contribution in [1.82, 2.24) is 29.4 Å². The maximum atomic E-state index is 14.4. The topological polar surface area (TPSA) is 139 Å². The number of hydrogen-bond donors (Lipinski definition) is 1. The van der Waals surface area contributed by atoms with E-state index >= 15 is 0 Å². The van der Waals surface area contributed by atoms with Crippen LogP contribution in [0.25, 0.3) is 15.2 Å². The molecule has 1 amide bonds. The summed E-state index contributed by atoms with van der Waals surface area (Å²) in [6, 6.07) is 3.48. The summed E-state index contributed by atoms with van der Waals surface area (Å²) in [6.07, 6.45) is 1.76. The molecular weight excluding hydrogens is 555 g/mol. The Morgan fingerprint density at radius 1 is 1.17 bits per heavy atom. The van der Waals surface area contributed by atoms with Crippen LogP contribution in [-0.2, 0) is 26.4 Å². The predicted octanol–water partition coefficient (Wildman–Crippen LogP) is 2.83. The summed E-state index contributed by atoms with van der Waals surface area (Å²) in [5, 5.41) is 11.7. The Labute approximate surface area is 238 Å². The number of ether oxygens (including phenoxy) is 2. The quantitative estimate of drug-likeness (QED) is 0.296. The molecule has 1 unspecified atom stereocenters. The van der Waals surface area contributed by atoms with Gasteiger partial charge in [0.05, 0.1) is 31.4 Å². The van der Waals surface area contributed by atoms with Crippen molar-refractivity contribution >= 4 is 33.4 Å². The summed E-state index contributed by atoms with van der Waals surface area (Å²) in [5.74, 6) is -1.59. The minimum Gasteiger partial charge on any atom is -0.496 e. The van der Waals surface area contributed by atoms with Crippen molar-refractivity contribution in [3.05, 3.63) is 68.4 Å². The lowest BCUT2D eigenvalue weighted by molar-refractivity contribution is -0.147. The van der Waals surface area contributed by atoms with Gasteiger partial charge in [0.25, 0.3) is 5.56 Å². The van der Waals surface area contributed by atoms with Gasteiger partial charge in [0, 0.05) is 24.1 Å². The van der Waals surface area contributed by atoms with Gasteiger partial charge >= 0.3 is 11.7 Å². The number of hydrogen-bond acceptors (Lipinski definition) is 9. The maximum absolute atomic E-state index is 14.4. The second kappa shape index (κ2) is 11.3. The van der Waals surface area contributed by atoms with Crippen molar-refractivity contribution in [2.24, 2.45) is 0 Å². The molecule has 12 nitrogen and oxygen atoms in total. The number of nitrogens with zero attached hydrogens (tertiary/aromatic N) is 5. The normalized spacial score (nSPS) is 12.5. The summed E-state index contributed by atoms with van der Waals surface area (Å²) in [4.78, 5) is 55.2. The molecule has 0 aliphatic carbocycles. The van der Waals surface area contributed by atoms with Gasteiger partial charge < -0.3 is 14.8 Å². The minimum absolute atomic E-state index is 0.167. The minimum atomic E-state index is -1.61. The zero-order valence-electron chi connectivity index (χ0n) is 23.7. The van der Waals surface area contributed by atoms with E-state index < -0.39 is 40.6 Å². The van der Waals surface area contributed by atoms with E-state index in [1.54, 1.807) is 20.8 Å². The van der Waals surface area contributed by atoms with E-state index in [0.29, 0.717) is 10.6 Å². The highest BCUT2D eigenvalue weighted by Crippen LogP contribution is 2.34. The van der Waals surface area contributed by atoms with Gasteiger partial charge in [0.15, 0.2) is 0 Å². The third kappa shape index (κ3) is 5.51. The first-order chi connectivity index (χ1) is 19.3. The third-order valence-corrected chi connectivity index (χ3v) is 7.80. The number of nitrogens with one attached hydrogen (secondary N) is 1. The number of thiophene rings is 1. The molecule has 0 spiro atoms. The molecule has 1 atom stereocenters. The van der Waals surface area contributed by atoms with Gasteiger partial charge in [-0.15, -0.1) is 4.80 Å². The fourth-order valence-electron chi connectivity index (χ4n) is 4.56. The molecule has 0 aliphatic rings. The Hall–Kier alpha value is -4.33. The van der Waals surface area contributed by atoms with Crippen LogP contribution in [-0.4, -0.2) is 49.2 Å². The number of benzene rings is 1. The van der Waals surface area contributed by atoms with Crippen LogP contribution in [0.3, 0.4) is 0 Å². The molecule has 3 heterocycles. The van der Waals surface area contributed by atoms with E-state index in [4.69, 9.17) is 9.47 Å². The van der Waals surface area contributed by atoms with Crippen LogP contribution in [0.15, 0.2) is 40.2 Å². The van der Waals surface area contributed by atoms with E-state index in [9.17, 15) is 23.6 Å². The number of esters is 1. The van der Waals surface area contributed by atoms with E-state index in [-0.39, 0.29) is 34.1 Å². The van der Waals surface area contributed by atoms with Crippen LogP contribution in [0.1, 0.15) is 51.8 Å². The summed E-state index contributed by atoms with van der Waals surface area (Å²) < 4.78 is 27.5. The van der Waals surface area contributed by atoms with Crippen molar-refractivity contribution in [3.8, 4) is 10.8 Å². The number of methoxy groups -OCH3 is 1. The number of aryl methyl sites for hydroxylation is 1. The zero-order chi connectivity index (χ0) is 30.2. The smallest absolute Gasteiger partial charge is 0.333 e. The summed E-state index contributed by atoms with van der Waals surface area (Å²) >= 11 is 1.09. The molecule has 14 heteroatoms. The Morgan fingerprint density at radius 2 is 1.83 bits per heavy atom. The molecule has 218 valence electrons. The SMILES string of the molecule is COc1ccc(F)cc1C(Cn1c(=O)n(C(C)(C)C(=O)NC(C)C)c(=O)c2c(C)c(-n3nccn3)sc21)OC(C)=O. The van der Waals surface area contributed by atoms with Gasteiger partial charge in [-0.3, -0.25) is 19.0 Å². The molecule has 0 aliphatic heterocycles. The lowest BCUT2D eigenvalue weighted by atomic mass is 10.0. The van der Waals surface area contributed by atoms with E-state index in [1.807, 2.05) is 0 Å². The number of aromatic nitrogens is 5. The molecule has 1 N–H and O–H groups in total. The van der Waals surface area contributed by atoms with Gasteiger partial charge in [0.1, 0.15) is 33.0 Å². The Kier molecular flexibility index (Phi) is 8.15. The first-order valence-electron chi connectivity index (χ1n) is 12.8. The molecular formula is C27H31FN6O6S. The highest BCUT2D eigenvalue weighted by atomic mass is 32.1. The molecule has 41 heavy (non-hydrogen) atoms. The van der Waals surface area contributed by atoms with Crippen LogP contribution in [0.2, 0.25) is 0 Å². The number of carbonyl (C=O) groups excluding carboxylic acids is 2. The fraction of sp³-hybridized carbons (Fsp3) is 0.407. The molecule has 4 aromatic rings. The Bertz CT molecular complexity index is 1740. The number of fused-ring (bicyclic) bond motifs is 1. The average molecular weight is 587 g/mol. The molecule has 4 rings (SSSR count). The van der Waals surface area contributed by atoms with Gasteiger partial charge in [-0.05, 0) is 52.8 Å². The summed E-state index contributed by atoms with van der Waals surface area (Å²) in [5.41, 5.74) is -2.44. The van der Waals surface area contributed by atoms with Crippen molar-refractivity contribution < 1.29 is 23.5 Å². The second-order valence-electron chi connectivity index (χ2n) is 10.2. The molecule has 1 aromatic carbocycles. The Balaban J connectivity index is 2.06. The largest absolute Gasteiger partial charge is 0.496 e. The molecule has 3 aromatic heterocycles. The second-order valence-corrected chi connectivity index (χ2v) is 11.2. The number of rotatable bonds is 9. The number of carbonyl (C=O) groups is 2. The van der Waals surface area contributed by atoms with Crippen molar-refractivity contribution in [2.75, 3.05) is 7.11 Å². The molecule has 0 saturated heterocycles. The average Bonchev–Trinajstić information content (AvgIpc) is 3.53. The van der Waals surface area contributed by atoms with Gasteiger partial charge in [-0.25, -0.2) is 13.8 Å². The van der Waals surface area contributed by atoms with Crippen molar-refractivity contribution in [1.29, 1.82) is 0 Å². The van der Waals surface area contributed by atoms with Crippen LogP contribution in [0.5, 0.6) is 5.75 Å². The van der Waals surface area contributed by atoms with Crippen LogP contribution in [0.4, 0.5) is 4.39 Å². The highest BCUT2D eigenvalue weighted by molar-refractivity contribution is 7.21. The van der Waals surface area contributed by atoms with Gasteiger partial charge in [-0.2, -0.15) is 10.2 Å². The van der Waals surface area contributed by atoms with E-state index in [1.165, 1.54) is 61.8 Å². The van der Waals surface area contributed by atoms with Gasteiger partial charge in [-0.1, -0.05) is 11.3 Å².